The summed E-state index contributed by atoms with van der Waals surface area (Å²) in [5.41, 5.74) is 0. The Labute approximate surface area is 89.5 Å². The van der Waals surface area contributed by atoms with Gasteiger partial charge in [-0.1, -0.05) is 0 Å². The monoisotopic (exact) mass is 504 g/mol. The quantitative estimate of drug-likeness (QED) is 0.331. The van der Waals surface area contributed by atoms with Crippen molar-refractivity contribution in [1.29, 1.82) is 0 Å². The van der Waals surface area contributed by atoms with E-state index in [-0.39, 0.29) is 91.2 Å². The van der Waals surface area contributed by atoms with E-state index in [0.29, 0.717) is 0 Å². The van der Waals surface area contributed by atoms with E-state index in [1.807, 2.05) is 0 Å². The van der Waals surface area contributed by atoms with Gasteiger partial charge in [-0.15, -0.1) is 0 Å². The van der Waals surface area contributed by atoms with Gasteiger partial charge in [0.25, 0.3) is 0 Å². The number of rotatable bonds is 0. The fraction of sp³-hybridized carbons (Fsp3) is 0. The topological polar surface area (TPSA) is 0 Å². The van der Waals surface area contributed by atoms with Crippen LogP contribution in [-0.2, 0) is 39.4 Å². The fourth-order valence-electron chi connectivity index (χ4n) is 0. The van der Waals surface area contributed by atoms with Crippen LogP contribution in [0.5, 0.6) is 0 Å². The molecule has 0 aromatic heterocycles. The first kappa shape index (κ1) is 28.0. The van der Waals surface area contributed by atoms with Gasteiger partial charge in [0.2, 0.25) is 0 Å². The maximum absolute atomic E-state index is 0. The summed E-state index contributed by atoms with van der Waals surface area (Å²) in [5, 5.41) is 0. The molecule has 0 atom stereocenters. The zero-order chi connectivity index (χ0) is 0. The van der Waals surface area contributed by atoms with Crippen molar-refractivity contribution in [3.8, 4) is 0 Å². The van der Waals surface area contributed by atoms with E-state index in [0.717, 1.165) is 0 Å². The van der Waals surface area contributed by atoms with E-state index < -0.39 is 0 Å². The third-order valence-corrected chi connectivity index (χ3v) is 0. The van der Waals surface area contributed by atoms with Crippen LogP contribution in [0.2, 0.25) is 0 Å². The Kier molecular flexibility index (Phi) is 117. The minimum absolute atomic E-state index is 0. The van der Waals surface area contributed by atoms with Crippen LogP contribution in [0.1, 0.15) is 0 Å². The average molecular weight is 505 g/mol. The SMILES string of the molecule is [Ag].[Cu].[PbH2].[SbH3]. The maximum atomic E-state index is 0. The molecule has 0 spiro atoms. The van der Waals surface area contributed by atoms with Gasteiger partial charge in [0.1, 0.15) is 0 Å². The second-order valence-corrected chi connectivity index (χ2v) is 0. The molecule has 0 aromatic rings. The van der Waals surface area contributed by atoms with E-state index >= 15 is 0 Å². The molecular weight excluding hydrogens is 500 g/mol. The summed E-state index contributed by atoms with van der Waals surface area (Å²) < 4.78 is 0. The summed E-state index contributed by atoms with van der Waals surface area (Å²) in [7, 11) is 0. The molecule has 0 aromatic carbocycles. The van der Waals surface area contributed by atoms with Crippen LogP contribution in [0.4, 0.5) is 0 Å². The molecule has 0 unspecified atom stereocenters. The zero-order valence-corrected chi connectivity index (χ0v) is 14.0. The van der Waals surface area contributed by atoms with Crippen molar-refractivity contribution in [2.45, 2.75) is 0 Å². The molecule has 4 radical (unpaired) electrons. The molecule has 0 heterocycles. The summed E-state index contributed by atoms with van der Waals surface area (Å²) in [6, 6.07) is 0. The molecule has 0 bridgehead atoms. The van der Waals surface area contributed by atoms with E-state index in [9.17, 15) is 0 Å². The van der Waals surface area contributed by atoms with Crippen molar-refractivity contribution in [2.24, 2.45) is 0 Å². The van der Waals surface area contributed by atoms with Crippen molar-refractivity contribution in [3.05, 3.63) is 0 Å². The molecule has 0 fully saturated rings. The van der Waals surface area contributed by atoms with Crippen molar-refractivity contribution in [1.82, 2.24) is 0 Å². The minimum atomic E-state index is 0. The summed E-state index contributed by atoms with van der Waals surface area (Å²) in [6.07, 6.45) is 0. The van der Waals surface area contributed by atoms with Crippen LogP contribution in [0.25, 0.3) is 0 Å². The van der Waals surface area contributed by atoms with Gasteiger partial charge in [-0.05, 0) is 0 Å². The molecule has 0 aliphatic carbocycles. The molecule has 4 heavy (non-hydrogen) atoms. The predicted octanol–water partition coefficient (Wildman–Crippen LogP) is -2.11. The first-order chi connectivity index (χ1) is 0. The van der Waals surface area contributed by atoms with Gasteiger partial charge in [-0.25, -0.2) is 0 Å². The molecular formula is H5AgCuPbSb. The molecule has 0 nitrogen and oxygen atoms in total. The van der Waals surface area contributed by atoms with Crippen molar-refractivity contribution in [2.75, 3.05) is 0 Å². The summed E-state index contributed by atoms with van der Waals surface area (Å²) in [5.74, 6) is 0. The Morgan fingerprint density at radius 2 is 1.00 bits per heavy atom. The first-order valence-corrected chi connectivity index (χ1v) is 0. The second-order valence-electron chi connectivity index (χ2n) is 0. The molecule has 0 saturated heterocycles. The second kappa shape index (κ2) is 16.7. The van der Waals surface area contributed by atoms with Crippen LogP contribution in [0, 0.1) is 0 Å². The molecule has 0 amide bonds. The Hall–Kier alpha value is 3.00. The van der Waals surface area contributed by atoms with Crippen molar-refractivity contribution < 1.29 is 39.4 Å². The van der Waals surface area contributed by atoms with Crippen molar-refractivity contribution >= 4 is 51.7 Å². The molecule has 0 rings (SSSR count). The van der Waals surface area contributed by atoms with E-state index in [2.05, 4.69) is 0 Å². The van der Waals surface area contributed by atoms with E-state index in [1.54, 1.807) is 0 Å². The summed E-state index contributed by atoms with van der Waals surface area (Å²) in [6.45, 7) is 0. The molecule has 0 aliphatic rings. The fourth-order valence-corrected chi connectivity index (χ4v) is 0. The Balaban J connectivity index is 0. The molecule has 36 valence electrons. The Morgan fingerprint density at radius 3 is 1.00 bits per heavy atom. The Bertz CT molecular complexity index is 8.00. The van der Waals surface area contributed by atoms with Crippen LogP contribution >= 0.6 is 0 Å². The molecule has 0 N–H and O–H groups in total. The first-order valence-electron chi connectivity index (χ1n) is 0. The van der Waals surface area contributed by atoms with Crippen molar-refractivity contribution in [3.63, 3.8) is 0 Å². The van der Waals surface area contributed by atoms with E-state index in [1.165, 1.54) is 0 Å². The van der Waals surface area contributed by atoms with Gasteiger partial charge < -0.3 is 0 Å². The van der Waals surface area contributed by atoms with Gasteiger partial charge in [0.15, 0.2) is 0 Å². The molecule has 0 saturated carbocycles. The standard InChI is InChI=1S/Ag.Cu.Pb.Sb.5H. The Morgan fingerprint density at radius 1 is 1.00 bits per heavy atom. The van der Waals surface area contributed by atoms with Gasteiger partial charge in [-0.3, -0.25) is 0 Å². The zero-order valence-electron chi connectivity index (χ0n) is 2.02. The molecule has 4 heteroatoms. The normalized spacial score (nSPS) is 0. The van der Waals surface area contributed by atoms with Gasteiger partial charge in [-0.2, -0.15) is 0 Å². The predicted molar refractivity (Wildman–Crippen MR) is 18.5 cm³/mol. The third-order valence-electron chi connectivity index (χ3n) is 0. The molecule has 0 aliphatic heterocycles. The van der Waals surface area contributed by atoms with Gasteiger partial charge in [0, 0.05) is 39.4 Å². The van der Waals surface area contributed by atoms with Crippen LogP contribution in [-0.4, -0.2) is 51.7 Å². The van der Waals surface area contributed by atoms with E-state index in [4.69, 9.17) is 0 Å². The summed E-state index contributed by atoms with van der Waals surface area (Å²) >= 11 is 0. The average Bonchev–Trinajstić information content (AvgIpc) is 0. The summed E-state index contributed by atoms with van der Waals surface area (Å²) in [4.78, 5) is 0. The van der Waals surface area contributed by atoms with Crippen LogP contribution in [0.3, 0.4) is 0 Å². The van der Waals surface area contributed by atoms with Crippen LogP contribution < -0.4 is 0 Å². The van der Waals surface area contributed by atoms with Gasteiger partial charge >= 0.3 is 51.7 Å². The third kappa shape index (κ3) is 8.89. The number of hydrogen-bond donors (Lipinski definition) is 0. The van der Waals surface area contributed by atoms with Crippen LogP contribution in [0.15, 0.2) is 0 Å². The number of hydrogen-bond acceptors (Lipinski definition) is 0. The van der Waals surface area contributed by atoms with Gasteiger partial charge in [0.05, 0.1) is 0 Å².